The fourth-order valence-corrected chi connectivity index (χ4v) is 1.65. The van der Waals surface area contributed by atoms with Crippen molar-refractivity contribution in [2.24, 2.45) is 0 Å². The maximum absolute atomic E-state index is 13.4. The molecule has 17 heavy (non-hydrogen) atoms. The minimum absolute atomic E-state index is 0.0326. The lowest BCUT2D eigenvalue weighted by Gasteiger charge is -2.24. The molecule has 0 saturated carbocycles. The zero-order chi connectivity index (χ0) is 13.1. The molecule has 0 aliphatic rings. The van der Waals surface area contributed by atoms with Crippen molar-refractivity contribution < 1.29 is 14.3 Å². The van der Waals surface area contributed by atoms with E-state index < -0.39 is 11.5 Å². The molecule has 0 radical (unpaired) electrons. The Morgan fingerprint density at radius 1 is 1.53 bits per heavy atom. The summed E-state index contributed by atoms with van der Waals surface area (Å²) < 4.78 is 13.4. The van der Waals surface area contributed by atoms with Gasteiger partial charge in [0.2, 0.25) is 0 Å². The van der Waals surface area contributed by atoms with Gasteiger partial charge in [0.05, 0.1) is 6.42 Å². The van der Waals surface area contributed by atoms with E-state index in [0.29, 0.717) is 10.6 Å². The maximum Gasteiger partial charge on any atom is 0.305 e. The predicted molar refractivity (Wildman–Crippen MR) is 64.6 cm³/mol. The second-order valence-corrected chi connectivity index (χ2v) is 4.98. The summed E-state index contributed by atoms with van der Waals surface area (Å²) in [6.07, 6.45) is -0.0326. The first-order chi connectivity index (χ1) is 7.80. The van der Waals surface area contributed by atoms with Crippen molar-refractivity contribution >= 4 is 17.6 Å². The molecule has 1 aromatic rings. The van der Waals surface area contributed by atoms with E-state index in [1.54, 1.807) is 13.8 Å². The second-order valence-electron chi connectivity index (χ2n) is 4.54. The molecule has 2 N–H and O–H groups in total. The molecule has 0 fully saturated rings. The van der Waals surface area contributed by atoms with Crippen molar-refractivity contribution in [2.75, 3.05) is 0 Å². The fraction of sp³-hybridized carbons (Fsp3) is 0.417. The molecule has 5 heteroatoms. The van der Waals surface area contributed by atoms with Crippen LogP contribution in [0.5, 0.6) is 0 Å². The molecule has 0 atom stereocenters. The number of benzene rings is 1. The molecule has 0 spiro atoms. The Bertz CT molecular complexity index is 421. The highest BCUT2D eigenvalue weighted by Crippen LogP contribution is 2.16. The van der Waals surface area contributed by atoms with Crippen LogP contribution in [0.25, 0.3) is 0 Å². The van der Waals surface area contributed by atoms with Crippen molar-refractivity contribution in [1.82, 2.24) is 5.32 Å². The number of hydrogen-bond donors (Lipinski definition) is 2. The van der Waals surface area contributed by atoms with Gasteiger partial charge in [-0.15, -0.1) is 0 Å². The summed E-state index contributed by atoms with van der Waals surface area (Å²) in [6.45, 7) is 3.75. The van der Waals surface area contributed by atoms with Crippen LogP contribution < -0.4 is 5.32 Å². The SMILES string of the molecule is CC(C)(CC(=O)O)NCc1cc(Cl)ccc1F. The molecule has 0 heterocycles. The Balaban J connectivity index is 2.66. The normalized spacial score (nSPS) is 11.5. The molecule has 0 aliphatic carbocycles. The van der Waals surface area contributed by atoms with Gasteiger partial charge < -0.3 is 10.4 Å². The van der Waals surface area contributed by atoms with Crippen LogP contribution in [0.3, 0.4) is 0 Å². The highest BCUT2D eigenvalue weighted by atomic mass is 35.5. The number of hydrogen-bond acceptors (Lipinski definition) is 2. The molecular formula is C12H15ClFNO2. The third-order valence-corrected chi connectivity index (χ3v) is 2.59. The van der Waals surface area contributed by atoms with Crippen LogP contribution in [0.4, 0.5) is 4.39 Å². The summed E-state index contributed by atoms with van der Waals surface area (Å²) in [5, 5.41) is 12.2. The summed E-state index contributed by atoms with van der Waals surface area (Å²) in [5.41, 5.74) is -0.170. The molecule has 0 bridgehead atoms. The van der Waals surface area contributed by atoms with Crippen LogP contribution >= 0.6 is 11.6 Å². The number of nitrogens with one attached hydrogen (secondary N) is 1. The monoisotopic (exact) mass is 259 g/mol. The standard InChI is InChI=1S/C12H15ClFNO2/c1-12(2,6-11(16)17)15-7-8-5-9(13)3-4-10(8)14/h3-5,15H,6-7H2,1-2H3,(H,16,17). The van der Waals surface area contributed by atoms with Crippen LogP contribution in [0, 0.1) is 5.82 Å². The van der Waals surface area contributed by atoms with Gasteiger partial charge in [-0.2, -0.15) is 0 Å². The minimum atomic E-state index is -0.894. The zero-order valence-electron chi connectivity index (χ0n) is 9.76. The molecule has 0 aliphatic heterocycles. The Morgan fingerprint density at radius 3 is 2.76 bits per heavy atom. The number of rotatable bonds is 5. The number of aliphatic carboxylic acids is 1. The number of carbonyl (C=O) groups is 1. The van der Waals surface area contributed by atoms with E-state index >= 15 is 0 Å². The van der Waals surface area contributed by atoms with Gasteiger partial charge in [0.1, 0.15) is 5.82 Å². The molecule has 1 rings (SSSR count). The Morgan fingerprint density at radius 2 is 2.18 bits per heavy atom. The van der Waals surface area contributed by atoms with Crippen molar-refractivity contribution in [1.29, 1.82) is 0 Å². The molecule has 1 aromatic carbocycles. The van der Waals surface area contributed by atoms with Gasteiger partial charge in [0.25, 0.3) is 0 Å². The molecule has 0 unspecified atom stereocenters. The van der Waals surface area contributed by atoms with Gasteiger partial charge in [-0.05, 0) is 32.0 Å². The molecule has 0 aromatic heterocycles. The predicted octanol–water partition coefficient (Wildman–Crippen LogP) is 2.82. The van der Waals surface area contributed by atoms with Crippen LogP contribution in [0.1, 0.15) is 25.8 Å². The molecule has 0 saturated heterocycles. The summed E-state index contributed by atoms with van der Waals surface area (Å²) in [7, 11) is 0. The van der Waals surface area contributed by atoms with E-state index in [1.807, 2.05) is 0 Å². The molecular weight excluding hydrogens is 245 g/mol. The lowest BCUT2D eigenvalue weighted by atomic mass is 10.0. The highest BCUT2D eigenvalue weighted by molar-refractivity contribution is 6.30. The first-order valence-corrected chi connectivity index (χ1v) is 5.59. The summed E-state index contributed by atoms with van der Waals surface area (Å²) in [5.74, 6) is -1.25. The van der Waals surface area contributed by atoms with Crippen molar-refractivity contribution in [3.63, 3.8) is 0 Å². The summed E-state index contributed by atoms with van der Waals surface area (Å²) in [4.78, 5) is 10.6. The largest absolute Gasteiger partial charge is 0.481 e. The fourth-order valence-electron chi connectivity index (χ4n) is 1.45. The zero-order valence-corrected chi connectivity index (χ0v) is 10.5. The molecule has 94 valence electrons. The van der Waals surface area contributed by atoms with E-state index in [-0.39, 0.29) is 18.8 Å². The quantitative estimate of drug-likeness (QED) is 0.855. The topological polar surface area (TPSA) is 49.3 Å². The first kappa shape index (κ1) is 13.9. The lowest BCUT2D eigenvalue weighted by Crippen LogP contribution is -2.40. The number of carboxylic acids is 1. The third kappa shape index (κ3) is 4.71. The summed E-state index contributed by atoms with van der Waals surface area (Å²) >= 11 is 5.76. The van der Waals surface area contributed by atoms with Gasteiger partial charge in [-0.1, -0.05) is 11.6 Å². The Kier molecular flexibility index (Phi) is 4.48. The molecule has 0 amide bonds. The Labute approximate surface area is 105 Å². The average Bonchev–Trinajstić information content (AvgIpc) is 2.17. The maximum atomic E-state index is 13.4. The van der Waals surface area contributed by atoms with Gasteiger partial charge in [-0.25, -0.2) is 4.39 Å². The van der Waals surface area contributed by atoms with E-state index in [4.69, 9.17) is 16.7 Å². The second kappa shape index (κ2) is 5.47. The van der Waals surface area contributed by atoms with Gasteiger partial charge >= 0.3 is 5.97 Å². The van der Waals surface area contributed by atoms with Crippen molar-refractivity contribution in [3.8, 4) is 0 Å². The number of halogens is 2. The van der Waals surface area contributed by atoms with Crippen molar-refractivity contribution in [3.05, 3.63) is 34.6 Å². The first-order valence-electron chi connectivity index (χ1n) is 5.21. The highest BCUT2D eigenvalue weighted by Gasteiger charge is 2.21. The lowest BCUT2D eigenvalue weighted by molar-refractivity contribution is -0.138. The smallest absolute Gasteiger partial charge is 0.305 e. The van der Waals surface area contributed by atoms with E-state index in [0.717, 1.165) is 0 Å². The minimum Gasteiger partial charge on any atom is -0.481 e. The van der Waals surface area contributed by atoms with Gasteiger partial charge in [-0.3, -0.25) is 4.79 Å². The van der Waals surface area contributed by atoms with Crippen LogP contribution in [-0.2, 0) is 11.3 Å². The average molecular weight is 260 g/mol. The summed E-state index contributed by atoms with van der Waals surface area (Å²) in [6, 6.07) is 4.30. The van der Waals surface area contributed by atoms with E-state index in [9.17, 15) is 9.18 Å². The van der Waals surface area contributed by atoms with E-state index in [2.05, 4.69) is 5.32 Å². The van der Waals surface area contributed by atoms with Gasteiger partial charge in [0.15, 0.2) is 0 Å². The van der Waals surface area contributed by atoms with Gasteiger partial charge in [0, 0.05) is 22.7 Å². The third-order valence-electron chi connectivity index (χ3n) is 2.36. The number of carboxylic acid groups (broad SMARTS) is 1. The Hall–Kier alpha value is -1.13. The van der Waals surface area contributed by atoms with Crippen molar-refractivity contribution in [2.45, 2.75) is 32.4 Å². The van der Waals surface area contributed by atoms with Crippen LogP contribution in [0.15, 0.2) is 18.2 Å². The van der Waals surface area contributed by atoms with Crippen LogP contribution in [0.2, 0.25) is 5.02 Å². The van der Waals surface area contributed by atoms with E-state index in [1.165, 1.54) is 18.2 Å². The van der Waals surface area contributed by atoms with Crippen LogP contribution in [-0.4, -0.2) is 16.6 Å². The molecule has 3 nitrogen and oxygen atoms in total.